The van der Waals surface area contributed by atoms with Gasteiger partial charge < -0.3 is 5.32 Å². The van der Waals surface area contributed by atoms with Gasteiger partial charge in [0, 0.05) is 17.3 Å². The van der Waals surface area contributed by atoms with Crippen molar-refractivity contribution in [1.29, 1.82) is 0 Å². The molecule has 0 radical (unpaired) electrons. The molecule has 4 rings (SSSR count). The number of hydrogen-bond donors (Lipinski definition) is 2. The molecule has 9 nitrogen and oxygen atoms in total. The van der Waals surface area contributed by atoms with Crippen LogP contribution < -0.4 is 10.0 Å². The van der Waals surface area contributed by atoms with E-state index in [2.05, 4.69) is 25.3 Å². The molecule has 32 heavy (non-hydrogen) atoms. The summed E-state index contributed by atoms with van der Waals surface area (Å²) in [6.07, 6.45) is -0.956. The highest BCUT2D eigenvalue weighted by Crippen LogP contribution is 2.41. The zero-order chi connectivity index (χ0) is 22.9. The summed E-state index contributed by atoms with van der Waals surface area (Å²) in [4.78, 5) is 12.3. The van der Waals surface area contributed by atoms with Crippen molar-refractivity contribution in [3.8, 4) is 0 Å². The number of rotatable bonds is 8. The van der Waals surface area contributed by atoms with Gasteiger partial charge in [-0.25, -0.2) is 17.2 Å². The SMILES string of the molecule is O=C(Cn1nc(C(F)F)cc1C1CC1)Nc1ccc(S(=O)(=O)Nc2ccc(Cl)nn2)cc1. The van der Waals surface area contributed by atoms with Crippen LogP contribution in [0.5, 0.6) is 0 Å². The van der Waals surface area contributed by atoms with E-state index in [1.54, 1.807) is 0 Å². The van der Waals surface area contributed by atoms with Crippen molar-refractivity contribution in [2.45, 2.75) is 36.6 Å². The fourth-order valence-corrected chi connectivity index (χ4v) is 4.11. The Morgan fingerprint density at radius 3 is 2.47 bits per heavy atom. The van der Waals surface area contributed by atoms with Gasteiger partial charge in [-0.2, -0.15) is 5.10 Å². The van der Waals surface area contributed by atoms with Crippen LogP contribution >= 0.6 is 11.6 Å². The number of benzene rings is 1. The van der Waals surface area contributed by atoms with E-state index < -0.39 is 22.4 Å². The smallest absolute Gasteiger partial charge is 0.282 e. The molecule has 13 heteroatoms. The van der Waals surface area contributed by atoms with Crippen LogP contribution in [0.4, 0.5) is 20.3 Å². The van der Waals surface area contributed by atoms with Crippen LogP contribution in [0.15, 0.2) is 47.4 Å². The maximum atomic E-state index is 13.0. The summed E-state index contributed by atoms with van der Waals surface area (Å²) >= 11 is 5.63. The van der Waals surface area contributed by atoms with Crippen molar-refractivity contribution in [2.75, 3.05) is 10.0 Å². The van der Waals surface area contributed by atoms with Gasteiger partial charge in [-0.05, 0) is 55.3 Å². The van der Waals surface area contributed by atoms with Crippen LogP contribution in [0.3, 0.4) is 0 Å². The second-order valence-electron chi connectivity index (χ2n) is 7.15. The summed E-state index contributed by atoms with van der Waals surface area (Å²) in [6.45, 7) is -0.227. The van der Waals surface area contributed by atoms with Gasteiger partial charge in [0.2, 0.25) is 5.91 Å². The van der Waals surface area contributed by atoms with Crippen LogP contribution in [0.1, 0.15) is 36.6 Å². The van der Waals surface area contributed by atoms with Crippen molar-refractivity contribution >= 4 is 39.0 Å². The number of alkyl halides is 2. The molecule has 0 spiro atoms. The highest BCUT2D eigenvalue weighted by molar-refractivity contribution is 7.92. The van der Waals surface area contributed by atoms with Crippen LogP contribution in [0, 0.1) is 0 Å². The van der Waals surface area contributed by atoms with Gasteiger partial charge in [0.05, 0.1) is 4.90 Å². The first kappa shape index (κ1) is 22.1. The van der Waals surface area contributed by atoms with E-state index in [1.807, 2.05) is 0 Å². The Bertz CT molecular complexity index is 1230. The monoisotopic (exact) mass is 482 g/mol. The molecule has 168 valence electrons. The Morgan fingerprint density at radius 2 is 1.88 bits per heavy atom. The molecule has 0 atom stereocenters. The van der Waals surface area contributed by atoms with Gasteiger partial charge in [0.25, 0.3) is 16.4 Å². The third-order valence-electron chi connectivity index (χ3n) is 4.66. The second-order valence-corrected chi connectivity index (χ2v) is 9.22. The Hall–Kier alpha value is -3.12. The number of aromatic nitrogens is 4. The third kappa shape index (κ3) is 5.19. The highest BCUT2D eigenvalue weighted by Gasteiger charge is 2.30. The fraction of sp³-hybridized carbons (Fsp3) is 0.263. The standard InChI is InChI=1S/C19H17ClF2N6O3S/c20-16-7-8-17(25-24-16)27-32(30,31)13-5-3-12(4-6-13)23-18(29)10-28-15(11-1-2-11)9-14(26-28)19(21)22/h3-9,11,19H,1-2,10H2,(H,23,29)(H,25,27). The summed E-state index contributed by atoms with van der Waals surface area (Å²) in [6, 6.07) is 9.54. The molecule has 3 aromatic rings. The summed E-state index contributed by atoms with van der Waals surface area (Å²) in [5.74, 6) is -0.327. The molecule has 1 fully saturated rings. The molecule has 1 aliphatic rings. The van der Waals surface area contributed by atoms with Gasteiger partial charge in [-0.3, -0.25) is 14.2 Å². The lowest BCUT2D eigenvalue weighted by Crippen LogP contribution is -2.21. The molecule has 2 aromatic heterocycles. The molecule has 2 heterocycles. The van der Waals surface area contributed by atoms with Gasteiger partial charge in [0.1, 0.15) is 12.2 Å². The molecule has 0 unspecified atom stereocenters. The van der Waals surface area contributed by atoms with Crippen molar-refractivity contribution in [3.63, 3.8) is 0 Å². The van der Waals surface area contributed by atoms with Gasteiger partial charge >= 0.3 is 0 Å². The Balaban J connectivity index is 1.41. The summed E-state index contributed by atoms with van der Waals surface area (Å²) in [5.41, 5.74) is 0.606. The minimum absolute atomic E-state index is 0.000589. The average Bonchev–Trinajstić information content (AvgIpc) is 3.50. The predicted octanol–water partition coefficient (Wildman–Crippen LogP) is 3.58. The van der Waals surface area contributed by atoms with E-state index in [0.29, 0.717) is 11.4 Å². The van der Waals surface area contributed by atoms with E-state index in [0.717, 1.165) is 12.8 Å². The first-order chi connectivity index (χ1) is 15.2. The van der Waals surface area contributed by atoms with Crippen molar-refractivity contribution in [1.82, 2.24) is 20.0 Å². The highest BCUT2D eigenvalue weighted by atomic mass is 35.5. The minimum atomic E-state index is -3.93. The molecule has 1 amide bonds. The van der Waals surface area contributed by atoms with E-state index in [4.69, 9.17) is 11.6 Å². The summed E-state index contributed by atoms with van der Waals surface area (Å²) < 4.78 is 54.4. The molecule has 2 N–H and O–H groups in total. The number of hydrogen-bond acceptors (Lipinski definition) is 6. The molecule has 0 bridgehead atoms. The number of halogens is 3. The van der Waals surface area contributed by atoms with Gasteiger partial charge in [-0.15, -0.1) is 10.2 Å². The maximum absolute atomic E-state index is 13.0. The number of nitrogens with one attached hydrogen (secondary N) is 2. The van der Waals surface area contributed by atoms with Crippen LogP contribution in [-0.2, 0) is 21.4 Å². The van der Waals surface area contributed by atoms with E-state index in [9.17, 15) is 22.0 Å². The molecular formula is C19H17ClF2N6O3S. The summed E-state index contributed by atoms with van der Waals surface area (Å²) in [7, 11) is -3.93. The first-order valence-corrected chi connectivity index (χ1v) is 11.3. The zero-order valence-corrected chi connectivity index (χ0v) is 17.9. The lowest BCUT2D eigenvalue weighted by molar-refractivity contribution is -0.117. The fourth-order valence-electron chi connectivity index (χ4n) is 3.01. The lowest BCUT2D eigenvalue weighted by Gasteiger charge is -2.10. The first-order valence-electron chi connectivity index (χ1n) is 9.49. The zero-order valence-electron chi connectivity index (χ0n) is 16.4. The second kappa shape index (κ2) is 8.79. The Labute approximate surface area is 186 Å². The van der Waals surface area contributed by atoms with Crippen LogP contribution in [0.25, 0.3) is 0 Å². The number of carbonyl (C=O) groups is 1. The molecule has 0 aliphatic heterocycles. The molecular weight excluding hydrogens is 466 g/mol. The topological polar surface area (TPSA) is 119 Å². The number of nitrogens with zero attached hydrogens (tertiary/aromatic N) is 4. The molecule has 1 aromatic carbocycles. The predicted molar refractivity (Wildman–Crippen MR) is 112 cm³/mol. The van der Waals surface area contributed by atoms with E-state index >= 15 is 0 Å². The quantitative estimate of drug-likeness (QED) is 0.506. The maximum Gasteiger partial charge on any atom is 0.282 e. The lowest BCUT2D eigenvalue weighted by atomic mass is 10.2. The number of amides is 1. The molecule has 1 saturated carbocycles. The minimum Gasteiger partial charge on any atom is -0.324 e. The van der Waals surface area contributed by atoms with E-state index in [-0.39, 0.29) is 34.0 Å². The molecule has 1 aliphatic carbocycles. The third-order valence-corrected chi connectivity index (χ3v) is 6.23. The van der Waals surface area contributed by atoms with Crippen LogP contribution in [-0.4, -0.2) is 34.3 Å². The van der Waals surface area contributed by atoms with Crippen molar-refractivity contribution in [3.05, 3.63) is 59.0 Å². The van der Waals surface area contributed by atoms with Gasteiger partial charge in [-0.1, -0.05) is 11.6 Å². The number of sulfonamides is 1. The number of carbonyl (C=O) groups excluding carboxylic acids is 1. The van der Waals surface area contributed by atoms with Crippen molar-refractivity contribution < 1.29 is 22.0 Å². The normalized spacial score (nSPS) is 13.9. The Morgan fingerprint density at radius 1 is 1.16 bits per heavy atom. The van der Waals surface area contributed by atoms with E-state index in [1.165, 1.54) is 47.1 Å². The van der Waals surface area contributed by atoms with Crippen LogP contribution in [0.2, 0.25) is 5.15 Å². The number of anilines is 2. The average molecular weight is 483 g/mol. The Kier molecular flexibility index (Phi) is 6.07. The van der Waals surface area contributed by atoms with Crippen molar-refractivity contribution in [2.24, 2.45) is 0 Å². The summed E-state index contributed by atoms with van der Waals surface area (Å²) in [5, 5.41) is 13.8. The molecule has 0 saturated heterocycles. The van der Waals surface area contributed by atoms with Gasteiger partial charge in [0.15, 0.2) is 11.0 Å². The largest absolute Gasteiger partial charge is 0.324 e.